The van der Waals surface area contributed by atoms with Gasteiger partial charge in [0.05, 0.1) is 6.10 Å². The Hall–Kier alpha value is -1.13. The Morgan fingerprint density at radius 2 is 2.19 bits per heavy atom. The largest absolute Gasteiger partial charge is 0.491 e. The SMILES string of the molecule is COC(C)COc1cc(C(N)=S)ccc1C. The van der Waals surface area contributed by atoms with E-state index in [2.05, 4.69) is 0 Å². The zero-order valence-corrected chi connectivity index (χ0v) is 10.6. The van der Waals surface area contributed by atoms with Crippen molar-refractivity contribution in [3.8, 4) is 5.75 Å². The number of ether oxygens (including phenoxy) is 2. The zero-order valence-electron chi connectivity index (χ0n) is 9.82. The standard InChI is InChI=1S/C12H17NO2S/c1-8-4-5-10(12(13)16)6-11(8)15-7-9(2)14-3/h4-6,9H,7H2,1-3H3,(H2,13,16). The van der Waals surface area contributed by atoms with Crippen molar-refractivity contribution < 1.29 is 9.47 Å². The van der Waals surface area contributed by atoms with Gasteiger partial charge in [0.15, 0.2) is 0 Å². The van der Waals surface area contributed by atoms with E-state index < -0.39 is 0 Å². The highest BCUT2D eigenvalue weighted by molar-refractivity contribution is 7.80. The molecule has 0 saturated heterocycles. The third-order valence-electron chi connectivity index (χ3n) is 2.35. The summed E-state index contributed by atoms with van der Waals surface area (Å²) in [6, 6.07) is 5.70. The van der Waals surface area contributed by atoms with E-state index in [4.69, 9.17) is 27.4 Å². The van der Waals surface area contributed by atoms with Gasteiger partial charge in [-0.15, -0.1) is 0 Å². The third kappa shape index (κ3) is 3.47. The smallest absolute Gasteiger partial charge is 0.123 e. The van der Waals surface area contributed by atoms with Crippen LogP contribution in [0.2, 0.25) is 0 Å². The molecule has 0 bridgehead atoms. The molecular weight excluding hydrogens is 222 g/mol. The summed E-state index contributed by atoms with van der Waals surface area (Å²) in [5.74, 6) is 0.800. The lowest BCUT2D eigenvalue weighted by Gasteiger charge is -2.14. The maximum absolute atomic E-state index is 5.64. The Morgan fingerprint density at radius 3 is 2.75 bits per heavy atom. The minimum atomic E-state index is 0.0629. The average molecular weight is 239 g/mol. The number of hydrogen-bond donors (Lipinski definition) is 1. The highest BCUT2D eigenvalue weighted by Crippen LogP contribution is 2.19. The van der Waals surface area contributed by atoms with Crippen molar-refractivity contribution in [2.75, 3.05) is 13.7 Å². The predicted molar refractivity (Wildman–Crippen MR) is 69.0 cm³/mol. The number of aryl methyl sites for hydroxylation is 1. The summed E-state index contributed by atoms with van der Waals surface area (Å²) in [5, 5.41) is 0. The molecule has 1 unspecified atom stereocenters. The molecule has 0 spiro atoms. The molecule has 0 aromatic heterocycles. The summed E-state index contributed by atoms with van der Waals surface area (Å²) in [6.45, 7) is 4.45. The summed E-state index contributed by atoms with van der Waals surface area (Å²) in [4.78, 5) is 0.379. The normalized spacial score (nSPS) is 12.2. The molecule has 0 radical (unpaired) electrons. The molecule has 0 aliphatic heterocycles. The minimum absolute atomic E-state index is 0.0629. The van der Waals surface area contributed by atoms with Crippen LogP contribution in [0, 0.1) is 6.92 Å². The summed E-state index contributed by atoms with van der Waals surface area (Å²) in [6.07, 6.45) is 0.0629. The van der Waals surface area contributed by atoms with E-state index in [0.29, 0.717) is 11.6 Å². The van der Waals surface area contributed by atoms with Gasteiger partial charge in [-0.3, -0.25) is 0 Å². The first kappa shape index (κ1) is 12.9. The Bertz CT molecular complexity index is 379. The predicted octanol–water partition coefficient (Wildman–Crippen LogP) is 2.04. The van der Waals surface area contributed by atoms with Gasteiger partial charge in [0.1, 0.15) is 17.3 Å². The Balaban J connectivity index is 2.78. The maximum Gasteiger partial charge on any atom is 0.123 e. The lowest BCUT2D eigenvalue weighted by molar-refractivity contribution is 0.0714. The molecule has 88 valence electrons. The molecule has 3 nitrogen and oxygen atoms in total. The number of benzene rings is 1. The van der Waals surface area contributed by atoms with Crippen molar-refractivity contribution in [2.45, 2.75) is 20.0 Å². The quantitative estimate of drug-likeness (QED) is 0.799. The van der Waals surface area contributed by atoms with Crippen LogP contribution in [-0.4, -0.2) is 24.8 Å². The van der Waals surface area contributed by atoms with Crippen molar-refractivity contribution >= 4 is 17.2 Å². The Morgan fingerprint density at radius 1 is 1.50 bits per heavy atom. The van der Waals surface area contributed by atoms with E-state index in [9.17, 15) is 0 Å². The van der Waals surface area contributed by atoms with E-state index in [0.717, 1.165) is 16.9 Å². The van der Waals surface area contributed by atoms with E-state index in [1.807, 2.05) is 32.0 Å². The molecule has 0 amide bonds. The zero-order chi connectivity index (χ0) is 12.1. The Kier molecular flexibility index (Phi) is 4.71. The van der Waals surface area contributed by atoms with Crippen LogP contribution in [0.15, 0.2) is 18.2 Å². The fourth-order valence-electron chi connectivity index (χ4n) is 1.18. The summed E-state index contributed by atoms with van der Waals surface area (Å²) in [7, 11) is 1.66. The van der Waals surface area contributed by atoms with E-state index in [1.165, 1.54) is 0 Å². The lowest BCUT2D eigenvalue weighted by Crippen LogP contribution is -2.17. The topological polar surface area (TPSA) is 44.5 Å². The average Bonchev–Trinajstić information content (AvgIpc) is 2.27. The molecule has 1 aromatic carbocycles. The van der Waals surface area contributed by atoms with Crippen molar-refractivity contribution in [3.05, 3.63) is 29.3 Å². The molecule has 16 heavy (non-hydrogen) atoms. The van der Waals surface area contributed by atoms with Crippen molar-refractivity contribution in [3.63, 3.8) is 0 Å². The van der Waals surface area contributed by atoms with E-state index in [-0.39, 0.29) is 6.10 Å². The second-order valence-corrected chi connectivity index (χ2v) is 4.14. The third-order valence-corrected chi connectivity index (χ3v) is 2.58. The van der Waals surface area contributed by atoms with Crippen molar-refractivity contribution in [1.29, 1.82) is 0 Å². The van der Waals surface area contributed by atoms with Gasteiger partial charge in [0.25, 0.3) is 0 Å². The highest BCUT2D eigenvalue weighted by atomic mass is 32.1. The van der Waals surface area contributed by atoms with Crippen molar-refractivity contribution in [2.24, 2.45) is 5.73 Å². The van der Waals surface area contributed by atoms with E-state index in [1.54, 1.807) is 7.11 Å². The lowest BCUT2D eigenvalue weighted by atomic mass is 10.1. The molecule has 0 aliphatic rings. The van der Waals surface area contributed by atoms with Gasteiger partial charge in [-0.1, -0.05) is 24.4 Å². The second kappa shape index (κ2) is 5.82. The Labute approximate surface area is 102 Å². The monoisotopic (exact) mass is 239 g/mol. The maximum atomic E-state index is 5.64. The first-order valence-electron chi connectivity index (χ1n) is 5.10. The first-order valence-corrected chi connectivity index (χ1v) is 5.51. The van der Waals surface area contributed by atoms with Crippen LogP contribution in [0.1, 0.15) is 18.1 Å². The molecule has 0 fully saturated rings. The molecular formula is C12H17NO2S. The molecule has 0 heterocycles. The van der Waals surface area contributed by atoms with Crippen LogP contribution in [0.3, 0.4) is 0 Å². The summed E-state index contributed by atoms with van der Waals surface area (Å²) in [5.41, 5.74) is 7.44. The van der Waals surface area contributed by atoms with Crippen LogP contribution >= 0.6 is 12.2 Å². The molecule has 0 saturated carbocycles. The molecule has 0 aliphatic carbocycles. The van der Waals surface area contributed by atoms with Gasteiger partial charge < -0.3 is 15.2 Å². The van der Waals surface area contributed by atoms with E-state index >= 15 is 0 Å². The van der Waals surface area contributed by atoms with Gasteiger partial charge in [-0.25, -0.2) is 0 Å². The molecule has 1 atom stereocenters. The number of thiocarbonyl (C=S) groups is 1. The number of methoxy groups -OCH3 is 1. The van der Waals surface area contributed by atoms with Crippen molar-refractivity contribution in [1.82, 2.24) is 0 Å². The molecule has 2 N–H and O–H groups in total. The highest BCUT2D eigenvalue weighted by Gasteiger charge is 2.06. The van der Waals surface area contributed by atoms with Crippen LogP contribution in [0.4, 0.5) is 0 Å². The summed E-state index contributed by atoms with van der Waals surface area (Å²) >= 11 is 4.92. The summed E-state index contributed by atoms with van der Waals surface area (Å²) < 4.78 is 10.8. The molecule has 1 aromatic rings. The van der Waals surface area contributed by atoms with Crippen LogP contribution < -0.4 is 10.5 Å². The van der Waals surface area contributed by atoms with Gasteiger partial charge in [-0.2, -0.15) is 0 Å². The van der Waals surface area contributed by atoms with Gasteiger partial charge in [0, 0.05) is 12.7 Å². The van der Waals surface area contributed by atoms with Gasteiger partial charge in [-0.05, 0) is 25.5 Å². The van der Waals surface area contributed by atoms with Crippen LogP contribution in [-0.2, 0) is 4.74 Å². The van der Waals surface area contributed by atoms with Gasteiger partial charge in [0.2, 0.25) is 0 Å². The molecule has 1 rings (SSSR count). The minimum Gasteiger partial charge on any atom is -0.491 e. The fourth-order valence-corrected chi connectivity index (χ4v) is 1.31. The second-order valence-electron chi connectivity index (χ2n) is 3.70. The first-order chi connectivity index (χ1) is 7.54. The number of rotatable bonds is 5. The molecule has 4 heteroatoms. The van der Waals surface area contributed by atoms with Gasteiger partial charge >= 0.3 is 0 Å². The number of hydrogen-bond acceptors (Lipinski definition) is 3. The van der Waals surface area contributed by atoms with Crippen LogP contribution in [0.25, 0.3) is 0 Å². The van der Waals surface area contributed by atoms with Crippen LogP contribution in [0.5, 0.6) is 5.75 Å². The number of nitrogens with two attached hydrogens (primary N) is 1. The fraction of sp³-hybridized carbons (Fsp3) is 0.417.